The molecule has 2 heterocycles. The number of benzene rings is 2. The van der Waals surface area contributed by atoms with E-state index in [0.717, 1.165) is 23.1 Å². The predicted molar refractivity (Wildman–Crippen MR) is 131 cm³/mol. The Morgan fingerprint density at radius 3 is 2.68 bits per heavy atom. The third kappa shape index (κ3) is 5.37. The molecule has 0 aliphatic carbocycles. The van der Waals surface area contributed by atoms with E-state index in [2.05, 4.69) is 20.5 Å². The van der Waals surface area contributed by atoms with Gasteiger partial charge in [0, 0.05) is 28.7 Å². The number of rotatable bonds is 8. The maximum Gasteiger partial charge on any atom is 0.237 e. The minimum atomic E-state index is -0.602. The SMILES string of the molecule is CCOc1ccc(-n2c(SC(C)C(=O)Nc3ccc(Cl)cc3F)nnc2-c2cccnc2)cc1. The first-order valence-corrected chi connectivity index (χ1v) is 11.7. The van der Waals surface area contributed by atoms with Crippen LogP contribution in [0.5, 0.6) is 5.75 Å². The molecular formula is C24H21ClFN5O2S. The molecule has 0 spiro atoms. The van der Waals surface area contributed by atoms with Gasteiger partial charge in [0.1, 0.15) is 11.6 Å². The van der Waals surface area contributed by atoms with Gasteiger partial charge >= 0.3 is 0 Å². The maximum atomic E-state index is 14.1. The van der Waals surface area contributed by atoms with Crippen LogP contribution in [0, 0.1) is 5.82 Å². The number of ether oxygens (including phenoxy) is 1. The van der Waals surface area contributed by atoms with Crippen molar-refractivity contribution in [1.29, 1.82) is 0 Å². The van der Waals surface area contributed by atoms with E-state index in [1.165, 1.54) is 23.9 Å². The van der Waals surface area contributed by atoms with Crippen molar-refractivity contribution in [3.8, 4) is 22.8 Å². The molecule has 34 heavy (non-hydrogen) atoms. The third-order valence-electron chi connectivity index (χ3n) is 4.80. The van der Waals surface area contributed by atoms with Gasteiger partial charge in [0.05, 0.1) is 17.5 Å². The van der Waals surface area contributed by atoms with Crippen molar-refractivity contribution in [2.24, 2.45) is 0 Å². The number of nitrogens with zero attached hydrogens (tertiary/aromatic N) is 4. The van der Waals surface area contributed by atoms with Gasteiger partial charge in [-0.15, -0.1) is 10.2 Å². The van der Waals surface area contributed by atoms with Crippen molar-refractivity contribution in [1.82, 2.24) is 19.7 Å². The Balaban J connectivity index is 1.63. The first-order chi connectivity index (χ1) is 16.5. The molecule has 1 unspecified atom stereocenters. The average molecular weight is 498 g/mol. The van der Waals surface area contributed by atoms with Crippen LogP contribution in [0.4, 0.5) is 10.1 Å². The van der Waals surface area contributed by atoms with Crippen molar-refractivity contribution >= 4 is 35.0 Å². The second-order valence-electron chi connectivity index (χ2n) is 7.18. The van der Waals surface area contributed by atoms with Crippen LogP contribution in [0.15, 0.2) is 72.1 Å². The summed E-state index contributed by atoms with van der Waals surface area (Å²) in [6.45, 7) is 4.20. The minimum absolute atomic E-state index is 0.0610. The van der Waals surface area contributed by atoms with Crippen LogP contribution in [-0.2, 0) is 4.79 Å². The molecule has 4 rings (SSSR count). The van der Waals surface area contributed by atoms with E-state index >= 15 is 0 Å². The molecule has 0 bridgehead atoms. The van der Waals surface area contributed by atoms with Crippen LogP contribution in [0.3, 0.4) is 0 Å². The molecule has 1 amide bonds. The van der Waals surface area contributed by atoms with E-state index in [0.29, 0.717) is 17.6 Å². The largest absolute Gasteiger partial charge is 0.494 e. The molecule has 2 aromatic carbocycles. The van der Waals surface area contributed by atoms with Crippen molar-refractivity contribution in [2.75, 3.05) is 11.9 Å². The van der Waals surface area contributed by atoms with E-state index < -0.39 is 11.1 Å². The highest BCUT2D eigenvalue weighted by molar-refractivity contribution is 8.00. The smallest absolute Gasteiger partial charge is 0.237 e. The van der Waals surface area contributed by atoms with Crippen LogP contribution >= 0.6 is 23.4 Å². The Labute approximate surface area is 205 Å². The molecule has 4 aromatic rings. The Hall–Kier alpha value is -3.43. The predicted octanol–water partition coefficient (Wildman–Crippen LogP) is 5.64. The molecular weight excluding hydrogens is 477 g/mol. The lowest BCUT2D eigenvalue weighted by Gasteiger charge is -2.15. The summed E-state index contributed by atoms with van der Waals surface area (Å²) in [5.74, 6) is 0.343. The zero-order valence-electron chi connectivity index (χ0n) is 18.4. The van der Waals surface area contributed by atoms with Crippen LogP contribution in [0.1, 0.15) is 13.8 Å². The molecule has 2 aromatic heterocycles. The number of hydrogen-bond donors (Lipinski definition) is 1. The number of carbonyl (C=O) groups is 1. The summed E-state index contributed by atoms with van der Waals surface area (Å²) >= 11 is 7.00. The third-order valence-corrected chi connectivity index (χ3v) is 6.08. The molecule has 1 N–H and O–H groups in total. The number of pyridine rings is 1. The van der Waals surface area contributed by atoms with Crippen molar-refractivity contribution in [3.63, 3.8) is 0 Å². The van der Waals surface area contributed by atoms with Gasteiger partial charge in [0.2, 0.25) is 5.91 Å². The summed E-state index contributed by atoms with van der Waals surface area (Å²) < 4.78 is 21.5. The van der Waals surface area contributed by atoms with Crippen LogP contribution in [-0.4, -0.2) is 37.5 Å². The monoisotopic (exact) mass is 497 g/mol. The summed E-state index contributed by atoms with van der Waals surface area (Å²) in [7, 11) is 0. The van der Waals surface area contributed by atoms with Gasteiger partial charge < -0.3 is 10.1 Å². The normalized spacial score (nSPS) is 11.8. The fourth-order valence-electron chi connectivity index (χ4n) is 3.16. The van der Waals surface area contributed by atoms with E-state index in [-0.39, 0.29) is 16.6 Å². The van der Waals surface area contributed by atoms with E-state index in [4.69, 9.17) is 16.3 Å². The van der Waals surface area contributed by atoms with Gasteiger partial charge in [-0.25, -0.2) is 4.39 Å². The second-order valence-corrected chi connectivity index (χ2v) is 8.93. The van der Waals surface area contributed by atoms with E-state index in [1.54, 1.807) is 19.3 Å². The minimum Gasteiger partial charge on any atom is -0.494 e. The number of aromatic nitrogens is 4. The molecule has 7 nitrogen and oxygen atoms in total. The first-order valence-electron chi connectivity index (χ1n) is 10.5. The highest BCUT2D eigenvalue weighted by Gasteiger charge is 2.23. The molecule has 0 aliphatic heterocycles. The number of halogens is 2. The van der Waals surface area contributed by atoms with E-state index in [1.807, 2.05) is 47.9 Å². The zero-order chi connectivity index (χ0) is 24.1. The molecule has 0 saturated heterocycles. The molecule has 0 fully saturated rings. The van der Waals surface area contributed by atoms with Crippen molar-refractivity contribution in [2.45, 2.75) is 24.3 Å². The van der Waals surface area contributed by atoms with Gasteiger partial charge in [0.25, 0.3) is 0 Å². The fraction of sp³-hybridized carbons (Fsp3) is 0.167. The lowest BCUT2D eigenvalue weighted by atomic mass is 10.2. The van der Waals surface area contributed by atoms with Gasteiger partial charge in [-0.3, -0.25) is 14.3 Å². The standard InChI is InChI=1S/C24H21ClFN5O2S/c1-3-33-19-9-7-18(8-10-19)31-22(16-5-4-12-27-14-16)29-30-24(31)34-15(2)23(32)28-21-11-6-17(25)13-20(21)26/h4-15H,3H2,1-2H3,(H,28,32). The Morgan fingerprint density at radius 1 is 1.21 bits per heavy atom. The lowest BCUT2D eigenvalue weighted by Crippen LogP contribution is -2.23. The van der Waals surface area contributed by atoms with Crippen molar-refractivity contribution < 1.29 is 13.9 Å². The van der Waals surface area contributed by atoms with Crippen LogP contribution < -0.4 is 10.1 Å². The highest BCUT2D eigenvalue weighted by atomic mass is 35.5. The number of thioether (sulfide) groups is 1. The Kier molecular flexibility index (Phi) is 7.44. The Bertz CT molecular complexity index is 1280. The molecule has 0 radical (unpaired) electrons. The van der Waals surface area contributed by atoms with Gasteiger partial charge in [-0.05, 0) is 68.4 Å². The number of carbonyl (C=O) groups excluding carboxylic acids is 1. The summed E-state index contributed by atoms with van der Waals surface area (Å²) in [4.78, 5) is 17.0. The number of anilines is 1. The summed E-state index contributed by atoms with van der Waals surface area (Å²) in [5.41, 5.74) is 1.63. The average Bonchev–Trinajstić information content (AvgIpc) is 3.25. The number of hydrogen-bond acceptors (Lipinski definition) is 6. The topological polar surface area (TPSA) is 81.9 Å². The Morgan fingerprint density at radius 2 is 2.00 bits per heavy atom. The fourth-order valence-corrected chi connectivity index (χ4v) is 4.18. The van der Waals surface area contributed by atoms with Crippen LogP contribution in [0.25, 0.3) is 17.1 Å². The van der Waals surface area contributed by atoms with Crippen LogP contribution in [0.2, 0.25) is 5.02 Å². The van der Waals surface area contributed by atoms with E-state index in [9.17, 15) is 9.18 Å². The molecule has 174 valence electrons. The summed E-state index contributed by atoms with van der Waals surface area (Å²) in [5, 5.41) is 11.4. The van der Waals surface area contributed by atoms with Gasteiger partial charge in [-0.1, -0.05) is 23.4 Å². The maximum absolute atomic E-state index is 14.1. The highest BCUT2D eigenvalue weighted by Crippen LogP contribution is 2.31. The molecule has 0 saturated carbocycles. The quantitative estimate of drug-likeness (QED) is 0.317. The first kappa shape index (κ1) is 23.7. The molecule has 0 aliphatic rings. The molecule has 1 atom stereocenters. The molecule has 10 heteroatoms. The lowest BCUT2D eigenvalue weighted by molar-refractivity contribution is -0.115. The second kappa shape index (κ2) is 10.7. The number of amides is 1. The van der Waals surface area contributed by atoms with Gasteiger partial charge in [0.15, 0.2) is 11.0 Å². The number of nitrogens with one attached hydrogen (secondary N) is 1. The summed E-state index contributed by atoms with van der Waals surface area (Å²) in [6.07, 6.45) is 3.38. The summed E-state index contributed by atoms with van der Waals surface area (Å²) in [6, 6.07) is 15.3. The zero-order valence-corrected chi connectivity index (χ0v) is 20.0. The van der Waals surface area contributed by atoms with Crippen molar-refractivity contribution in [3.05, 3.63) is 77.8 Å². The van der Waals surface area contributed by atoms with Gasteiger partial charge in [-0.2, -0.15) is 0 Å².